The maximum absolute atomic E-state index is 8.54. The Morgan fingerprint density at radius 1 is 1.43 bits per heavy atom. The molecule has 0 spiro atoms. The number of benzene rings is 1. The summed E-state index contributed by atoms with van der Waals surface area (Å²) in [6, 6.07) is 10.3. The van der Waals surface area contributed by atoms with Crippen LogP contribution in [0.2, 0.25) is 0 Å². The minimum Gasteiger partial charge on any atom is -0.291 e. The molecule has 0 aliphatic rings. The van der Waals surface area contributed by atoms with E-state index in [4.69, 9.17) is 5.26 Å². The van der Waals surface area contributed by atoms with Crippen LogP contribution in [0.4, 0.5) is 0 Å². The van der Waals surface area contributed by atoms with E-state index in [0.717, 1.165) is 5.56 Å². The molecule has 2 heteroatoms. The number of aryl methyl sites for hydroxylation is 1. The molecule has 1 aromatic rings. The number of nitriles is 1. The Hall–Kier alpha value is -1.62. The highest BCUT2D eigenvalue weighted by Gasteiger charge is 1.94. The molecule has 0 amide bonds. The van der Waals surface area contributed by atoms with Crippen LogP contribution in [0.15, 0.2) is 29.3 Å². The number of hydrogen-bond donors (Lipinski definition) is 0. The molecule has 1 rings (SSSR count). The Labute approximate surface area is 84.9 Å². The molecule has 0 saturated heterocycles. The number of nitrogens with zero attached hydrogens (tertiary/aromatic N) is 2. The summed E-state index contributed by atoms with van der Waals surface area (Å²) in [7, 11) is 0. The van der Waals surface area contributed by atoms with Crippen molar-refractivity contribution in [3.63, 3.8) is 0 Å². The molecule has 0 saturated carbocycles. The minimum absolute atomic E-state index is 0.00306. The van der Waals surface area contributed by atoms with Crippen molar-refractivity contribution in [1.29, 1.82) is 5.26 Å². The summed E-state index contributed by atoms with van der Waals surface area (Å²) in [5.41, 5.74) is 2.33. The predicted octanol–water partition coefficient (Wildman–Crippen LogP) is 2.57. The summed E-state index contributed by atoms with van der Waals surface area (Å²) < 4.78 is 0. The zero-order valence-electron chi connectivity index (χ0n) is 8.57. The maximum Gasteiger partial charge on any atom is 0.0672 e. The van der Waals surface area contributed by atoms with Crippen LogP contribution in [0.5, 0.6) is 0 Å². The van der Waals surface area contributed by atoms with Crippen LogP contribution < -0.4 is 0 Å². The first-order chi connectivity index (χ1) is 6.72. The molecule has 0 aliphatic heterocycles. The fourth-order valence-corrected chi connectivity index (χ4v) is 1.01. The molecule has 1 unspecified atom stereocenters. The number of hydrogen-bond acceptors (Lipinski definition) is 2. The van der Waals surface area contributed by atoms with E-state index in [2.05, 4.69) is 30.1 Å². The first-order valence-corrected chi connectivity index (χ1v) is 4.68. The van der Waals surface area contributed by atoms with Crippen molar-refractivity contribution in [3.05, 3.63) is 35.4 Å². The summed E-state index contributed by atoms with van der Waals surface area (Å²) in [6.45, 7) is 4.50. The van der Waals surface area contributed by atoms with Crippen LogP contribution in [0, 0.1) is 24.2 Å². The topological polar surface area (TPSA) is 36.1 Å². The van der Waals surface area contributed by atoms with Crippen LogP contribution >= 0.6 is 0 Å². The first-order valence-electron chi connectivity index (χ1n) is 4.68. The van der Waals surface area contributed by atoms with Gasteiger partial charge >= 0.3 is 0 Å². The molecular formula is C12H14N2. The molecule has 0 N–H and O–H groups in total. The van der Waals surface area contributed by atoms with Gasteiger partial charge in [0.15, 0.2) is 0 Å². The van der Waals surface area contributed by atoms with E-state index in [1.165, 1.54) is 5.56 Å². The third-order valence-electron chi connectivity index (χ3n) is 1.92. The molecular weight excluding hydrogens is 172 g/mol. The lowest BCUT2D eigenvalue weighted by molar-refractivity contribution is 0.759. The zero-order valence-corrected chi connectivity index (χ0v) is 8.57. The largest absolute Gasteiger partial charge is 0.291 e. The smallest absolute Gasteiger partial charge is 0.0672 e. The molecule has 1 aromatic carbocycles. The van der Waals surface area contributed by atoms with Gasteiger partial charge in [0.05, 0.1) is 18.5 Å². The van der Waals surface area contributed by atoms with Gasteiger partial charge in [0.1, 0.15) is 0 Å². The van der Waals surface area contributed by atoms with Gasteiger partial charge in [-0.2, -0.15) is 5.26 Å². The fraction of sp³-hybridized carbons (Fsp3) is 0.333. The van der Waals surface area contributed by atoms with Gasteiger partial charge in [0, 0.05) is 6.21 Å². The van der Waals surface area contributed by atoms with Crippen molar-refractivity contribution in [3.8, 4) is 6.07 Å². The standard InChI is InChI=1S/C12H14N2/c1-10-3-5-12(6-4-10)9-14-8-11(2)7-13/h3-6,9,11H,8H2,1-2H3. The van der Waals surface area contributed by atoms with Gasteiger partial charge in [-0.05, 0) is 19.4 Å². The van der Waals surface area contributed by atoms with Gasteiger partial charge < -0.3 is 0 Å². The SMILES string of the molecule is Cc1ccc(C=NCC(C)C#N)cc1. The van der Waals surface area contributed by atoms with Crippen molar-refractivity contribution < 1.29 is 0 Å². The quantitative estimate of drug-likeness (QED) is 0.668. The molecule has 72 valence electrons. The Morgan fingerprint density at radius 3 is 2.64 bits per heavy atom. The van der Waals surface area contributed by atoms with Gasteiger partial charge in [-0.15, -0.1) is 0 Å². The second kappa shape index (κ2) is 5.18. The molecule has 1 atom stereocenters. The molecule has 0 aliphatic carbocycles. The van der Waals surface area contributed by atoms with Crippen LogP contribution in [0.25, 0.3) is 0 Å². The lowest BCUT2D eigenvalue weighted by Crippen LogP contribution is -1.95. The van der Waals surface area contributed by atoms with Crippen LogP contribution in [0.1, 0.15) is 18.1 Å². The molecule has 2 nitrogen and oxygen atoms in total. The molecule has 0 aromatic heterocycles. The van der Waals surface area contributed by atoms with E-state index in [9.17, 15) is 0 Å². The Balaban J connectivity index is 2.53. The maximum atomic E-state index is 8.54. The van der Waals surface area contributed by atoms with Crippen molar-refractivity contribution in [1.82, 2.24) is 0 Å². The molecule has 0 radical (unpaired) electrons. The van der Waals surface area contributed by atoms with E-state index in [1.807, 2.05) is 25.3 Å². The molecule has 0 fully saturated rings. The molecule has 0 heterocycles. The van der Waals surface area contributed by atoms with E-state index >= 15 is 0 Å². The van der Waals surface area contributed by atoms with E-state index in [0.29, 0.717) is 6.54 Å². The summed E-state index contributed by atoms with van der Waals surface area (Å²) in [5, 5.41) is 8.54. The Bertz CT molecular complexity index is 344. The predicted molar refractivity (Wildman–Crippen MR) is 58.4 cm³/mol. The summed E-state index contributed by atoms with van der Waals surface area (Å²) >= 11 is 0. The zero-order chi connectivity index (χ0) is 10.4. The second-order valence-corrected chi connectivity index (χ2v) is 3.44. The average molecular weight is 186 g/mol. The summed E-state index contributed by atoms with van der Waals surface area (Å²) in [4.78, 5) is 4.19. The summed E-state index contributed by atoms with van der Waals surface area (Å²) in [6.07, 6.45) is 1.81. The van der Waals surface area contributed by atoms with E-state index in [1.54, 1.807) is 0 Å². The van der Waals surface area contributed by atoms with Gasteiger partial charge in [-0.25, -0.2) is 0 Å². The van der Waals surface area contributed by atoms with Crippen molar-refractivity contribution in [2.24, 2.45) is 10.9 Å². The van der Waals surface area contributed by atoms with Gasteiger partial charge in [-0.3, -0.25) is 4.99 Å². The molecule has 14 heavy (non-hydrogen) atoms. The molecule has 0 bridgehead atoms. The third kappa shape index (κ3) is 3.40. The van der Waals surface area contributed by atoms with Crippen molar-refractivity contribution >= 4 is 6.21 Å². The van der Waals surface area contributed by atoms with E-state index in [-0.39, 0.29) is 5.92 Å². The fourth-order valence-electron chi connectivity index (χ4n) is 1.01. The summed E-state index contributed by atoms with van der Waals surface area (Å²) in [5.74, 6) is -0.00306. The first kappa shape index (κ1) is 10.5. The highest BCUT2D eigenvalue weighted by molar-refractivity contribution is 5.79. The number of aliphatic imine (C=N–C) groups is 1. The monoisotopic (exact) mass is 186 g/mol. The normalized spacial score (nSPS) is 12.6. The van der Waals surface area contributed by atoms with Gasteiger partial charge in [-0.1, -0.05) is 29.8 Å². The Morgan fingerprint density at radius 2 is 2.07 bits per heavy atom. The number of rotatable bonds is 3. The lowest BCUT2D eigenvalue weighted by atomic mass is 10.2. The van der Waals surface area contributed by atoms with Crippen molar-refractivity contribution in [2.75, 3.05) is 6.54 Å². The van der Waals surface area contributed by atoms with Gasteiger partial charge in [0.25, 0.3) is 0 Å². The highest BCUT2D eigenvalue weighted by Crippen LogP contribution is 2.00. The average Bonchev–Trinajstić information content (AvgIpc) is 2.21. The van der Waals surface area contributed by atoms with Crippen LogP contribution in [-0.4, -0.2) is 12.8 Å². The highest BCUT2D eigenvalue weighted by atomic mass is 14.7. The van der Waals surface area contributed by atoms with Crippen LogP contribution in [0.3, 0.4) is 0 Å². The van der Waals surface area contributed by atoms with Crippen LogP contribution in [-0.2, 0) is 0 Å². The minimum atomic E-state index is -0.00306. The second-order valence-electron chi connectivity index (χ2n) is 3.44. The van der Waals surface area contributed by atoms with Crippen molar-refractivity contribution in [2.45, 2.75) is 13.8 Å². The Kier molecular flexibility index (Phi) is 3.87. The third-order valence-corrected chi connectivity index (χ3v) is 1.92. The van der Waals surface area contributed by atoms with E-state index < -0.39 is 0 Å². The van der Waals surface area contributed by atoms with Gasteiger partial charge in [0.2, 0.25) is 0 Å². The lowest BCUT2D eigenvalue weighted by Gasteiger charge is -1.96.